The molecular weight excluding hydrogens is 214 g/mol. The number of furan rings is 1. The maximum Gasteiger partial charge on any atom is 0.108 e. The van der Waals surface area contributed by atoms with Crippen LogP contribution in [0.3, 0.4) is 0 Å². The summed E-state index contributed by atoms with van der Waals surface area (Å²) in [4.78, 5) is 0. The lowest BCUT2D eigenvalue weighted by Gasteiger charge is -2.24. The van der Waals surface area contributed by atoms with Gasteiger partial charge in [-0.1, -0.05) is 0 Å². The molecule has 1 saturated heterocycles. The molecule has 2 aliphatic rings. The van der Waals surface area contributed by atoms with E-state index < -0.39 is 0 Å². The van der Waals surface area contributed by atoms with E-state index >= 15 is 0 Å². The van der Waals surface area contributed by atoms with Gasteiger partial charge in [0.25, 0.3) is 0 Å². The van der Waals surface area contributed by atoms with Crippen LogP contribution in [0.4, 0.5) is 0 Å². The molecule has 3 atom stereocenters. The van der Waals surface area contributed by atoms with Gasteiger partial charge in [0.1, 0.15) is 5.76 Å². The lowest BCUT2D eigenvalue weighted by molar-refractivity contribution is 0.0539. The molecule has 2 heterocycles. The molecule has 0 spiro atoms. The molecule has 1 aliphatic heterocycles. The highest BCUT2D eigenvalue weighted by molar-refractivity contribution is 5.24. The number of ether oxygens (including phenoxy) is 1. The quantitative estimate of drug-likeness (QED) is 0.874. The average molecular weight is 235 g/mol. The summed E-state index contributed by atoms with van der Waals surface area (Å²) in [5.74, 6) is 1.18. The van der Waals surface area contributed by atoms with Crippen molar-refractivity contribution in [2.45, 2.75) is 57.3 Å². The maximum atomic E-state index is 5.84. The molecule has 94 valence electrons. The van der Waals surface area contributed by atoms with Gasteiger partial charge in [-0.2, -0.15) is 0 Å². The van der Waals surface area contributed by atoms with Gasteiger partial charge in [-0.05, 0) is 38.7 Å². The Morgan fingerprint density at radius 3 is 3.12 bits per heavy atom. The van der Waals surface area contributed by atoms with Crippen molar-refractivity contribution in [3.63, 3.8) is 0 Å². The largest absolute Gasteiger partial charge is 0.469 e. The molecule has 17 heavy (non-hydrogen) atoms. The Kier molecular flexibility index (Phi) is 3.21. The van der Waals surface area contributed by atoms with E-state index in [-0.39, 0.29) is 0 Å². The summed E-state index contributed by atoms with van der Waals surface area (Å²) in [6.07, 6.45) is 8.60. The first-order chi connectivity index (χ1) is 8.33. The third kappa shape index (κ3) is 2.40. The molecule has 3 heteroatoms. The molecular formula is C14H21NO2. The van der Waals surface area contributed by atoms with Gasteiger partial charge in [0.05, 0.1) is 18.5 Å². The van der Waals surface area contributed by atoms with E-state index in [0.717, 1.165) is 13.0 Å². The molecule has 1 aromatic heterocycles. The molecule has 0 bridgehead atoms. The zero-order valence-electron chi connectivity index (χ0n) is 10.4. The summed E-state index contributed by atoms with van der Waals surface area (Å²) in [5, 5.41) is 3.64. The van der Waals surface area contributed by atoms with Crippen LogP contribution in [0.1, 0.15) is 50.0 Å². The van der Waals surface area contributed by atoms with Crippen LogP contribution in [-0.4, -0.2) is 18.8 Å². The van der Waals surface area contributed by atoms with Gasteiger partial charge < -0.3 is 14.5 Å². The molecule has 0 saturated carbocycles. The van der Waals surface area contributed by atoms with E-state index in [9.17, 15) is 0 Å². The van der Waals surface area contributed by atoms with Crippen LogP contribution in [0.2, 0.25) is 0 Å². The highest BCUT2D eigenvalue weighted by Gasteiger charge is 2.25. The molecule has 3 nitrogen and oxygen atoms in total. The predicted octanol–water partition coefficient (Wildman–Crippen LogP) is 2.81. The van der Waals surface area contributed by atoms with Crippen molar-refractivity contribution in [3.8, 4) is 0 Å². The van der Waals surface area contributed by atoms with Gasteiger partial charge in [-0.25, -0.2) is 0 Å². The summed E-state index contributed by atoms with van der Waals surface area (Å²) < 4.78 is 11.3. The molecule has 1 aliphatic carbocycles. The van der Waals surface area contributed by atoms with Crippen LogP contribution in [0.25, 0.3) is 0 Å². The fourth-order valence-electron chi connectivity index (χ4n) is 3.01. The highest BCUT2D eigenvalue weighted by atomic mass is 16.5. The molecule has 0 radical (unpaired) electrons. The second-order valence-corrected chi connectivity index (χ2v) is 5.30. The monoisotopic (exact) mass is 235 g/mol. The van der Waals surface area contributed by atoms with Crippen LogP contribution in [0.15, 0.2) is 16.7 Å². The van der Waals surface area contributed by atoms with E-state index in [2.05, 4.69) is 18.3 Å². The normalized spacial score (nSPS) is 32.6. The molecule has 1 fully saturated rings. The van der Waals surface area contributed by atoms with Crippen molar-refractivity contribution in [1.82, 2.24) is 5.32 Å². The fourth-order valence-corrected chi connectivity index (χ4v) is 3.01. The summed E-state index contributed by atoms with van der Waals surface area (Å²) in [6, 6.07) is 2.58. The van der Waals surface area contributed by atoms with Crippen LogP contribution >= 0.6 is 0 Å². The molecule has 0 amide bonds. The number of rotatable bonds is 3. The molecule has 3 rings (SSSR count). The minimum absolute atomic E-state index is 0.405. The maximum absolute atomic E-state index is 5.84. The first-order valence-electron chi connectivity index (χ1n) is 6.78. The number of nitrogens with one attached hydrogen (secondary N) is 1. The zero-order chi connectivity index (χ0) is 11.7. The van der Waals surface area contributed by atoms with Gasteiger partial charge in [0.15, 0.2) is 0 Å². The van der Waals surface area contributed by atoms with E-state index in [0.29, 0.717) is 18.2 Å². The van der Waals surface area contributed by atoms with Crippen molar-refractivity contribution in [2.75, 3.05) is 6.54 Å². The SMILES string of the molecule is CC1CCC(CNC2CCCc3occc32)O1. The Morgan fingerprint density at radius 1 is 1.35 bits per heavy atom. The highest BCUT2D eigenvalue weighted by Crippen LogP contribution is 2.30. The number of aryl methyl sites for hydroxylation is 1. The summed E-state index contributed by atoms with van der Waals surface area (Å²) in [6.45, 7) is 3.13. The van der Waals surface area contributed by atoms with E-state index in [4.69, 9.17) is 9.15 Å². The third-order valence-electron chi connectivity index (χ3n) is 3.96. The van der Waals surface area contributed by atoms with Gasteiger partial charge >= 0.3 is 0 Å². The minimum Gasteiger partial charge on any atom is -0.469 e. The Labute approximate surface area is 103 Å². The smallest absolute Gasteiger partial charge is 0.108 e. The van der Waals surface area contributed by atoms with Crippen LogP contribution in [-0.2, 0) is 11.2 Å². The minimum atomic E-state index is 0.405. The average Bonchev–Trinajstić information content (AvgIpc) is 2.94. The van der Waals surface area contributed by atoms with Crippen LogP contribution < -0.4 is 5.32 Å². The number of hydrogen-bond donors (Lipinski definition) is 1. The zero-order valence-corrected chi connectivity index (χ0v) is 10.4. The summed E-state index contributed by atoms with van der Waals surface area (Å²) >= 11 is 0. The Bertz CT molecular complexity index is 374. The van der Waals surface area contributed by atoms with Crippen molar-refractivity contribution >= 4 is 0 Å². The van der Waals surface area contributed by atoms with Gasteiger partial charge in [0, 0.05) is 24.6 Å². The lowest BCUT2D eigenvalue weighted by Crippen LogP contribution is -2.32. The number of hydrogen-bond acceptors (Lipinski definition) is 3. The molecule has 0 aromatic carbocycles. The second-order valence-electron chi connectivity index (χ2n) is 5.30. The van der Waals surface area contributed by atoms with Gasteiger partial charge in [0.2, 0.25) is 0 Å². The van der Waals surface area contributed by atoms with Crippen molar-refractivity contribution < 1.29 is 9.15 Å². The molecule has 1 aromatic rings. The topological polar surface area (TPSA) is 34.4 Å². The first-order valence-corrected chi connectivity index (χ1v) is 6.78. The third-order valence-corrected chi connectivity index (χ3v) is 3.96. The predicted molar refractivity (Wildman–Crippen MR) is 66.0 cm³/mol. The Hall–Kier alpha value is -0.800. The van der Waals surface area contributed by atoms with Gasteiger partial charge in [-0.15, -0.1) is 0 Å². The van der Waals surface area contributed by atoms with E-state index in [1.807, 2.05) is 6.26 Å². The second kappa shape index (κ2) is 4.83. The number of fused-ring (bicyclic) bond motifs is 1. The Balaban J connectivity index is 1.56. The summed E-state index contributed by atoms with van der Waals surface area (Å²) in [7, 11) is 0. The van der Waals surface area contributed by atoms with Crippen molar-refractivity contribution in [1.29, 1.82) is 0 Å². The lowest BCUT2D eigenvalue weighted by atomic mass is 9.93. The summed E-state index contributed by atoms with van der Waals surface area (Å²) in [5.41, 5.74) is 1.36. The standard InChI is InChI=1S/C14H21NO2/c1-10-5-6-11(17-10)9-15-13-3-2-4-14-12(13)7-8-16-14/h7-8,10-11,13,15H,2-6,9H2,1H3. The first kappa shape index (κ1) is 11.3. The van der Waals surface area contributed by atoms with Crippen LogP contribution in [0.5, 0.6) is 0 Å². The van der Waals surface area contributed by atoms with E-state index in [1.165, 1.54) is 37.0 Å². The van der Waals surface area contributed by atoms with Gasteiger partial charge in [-0.3, -0.25) is 0 Å². The Morgan fingerprint density at radius 2 is 2.29 bits per heavy atom. The van der Waals surface area contributed by atoms with Crippen molar-refractivity contribution in [2.24, 2.45) is 0 Å². The molecule has 1 N–H and O–H groups in total. The fraction of sp³-hybridized carbons (Fsp3) is 0.714. The molecule has 3 unspecified atom stereocenters. The van der Waals surface area contributed by atoms with Crippen molar-refractivity contribution in [3.05, 3.63) is 23.7 Å². The van der Waals surface area contributed by atoms with E-state index in [1.54, 1.807) is 0 Å². The van der Waals surface area contributed by atoms with Crippen LogP contribution in [0, 0.1) is 0 Å².